The predicted molar refractivity (Wildman–Crippen MR) is 230 cm³/mol. The van der Waals surface area contributed by atoms with Crippen molar-refractivity contribution in [2.24, 2.45) is 0 Å². The molecule has 1 aromatic heterocycles. The van der Waals surface area contributed by atoms with Gasteiger partial charge >= 0.3 is 11.9 Å². The number of benzene rings is 3. The number of carbonyl (C=O) groups is 4. The van der Waals surface area contributed by atoms with Gasteiger partial charge in [0.1, 0.15) is 24.5 Å². The number of amides is 2. The summed E-state index contributed by atoms with van der Waals surface area (Å²) < 4.78 is 106. The van der Waals surface area contributed by atoms with Crippen molar-refractivity contribution >= 4 is 23.8 Å². The fraction of sp³-hybridized carbons (Fsp3) is 0.467. The van der Waals surface area contributed by atoms with Crippen LogP contribution in [0.2, 0.25) is 0 Å². The number of aliphatic hydroxyl groups excluding tert-OH is 4. The van der Waals surface area contributed by atoms with Gasteiger partial charge in [-0.15, -0.1) is 5.10 Å². The Morgan fingerprint density at radius 3 is 1.99 bits per heavy atom. The number of esters is 1. The number of rotatable bonds is 29. The number of ether oxygens (including phenoxy) is 7. The number of aliphatic hydroxyl groups is 4. The monoisotopic (exact) mass is 1010 g/mol. The summed E-state index contributed by atoms with van der Waals surface area (Å²) in [5.41, 5.74) is 2.39. The molecular formula is C45H52F5N5O16. The van der Waals surface area contributed by atoms with Gasteiger partial charge in [-0.3, -0.25) is 14.4 Å². The summed E-state index contributed by atoms with van der Waals surface area (Å²) >= 11 is 0. The minimum Gasteiger partial charge on any atom is -0.477 e. The van der Waals surface area contributed by atoms with E-state index in [-0.39, 0.29) is 65.9 Å². The van der Waals surface area contributed by atoms with Crippen molar-refractivity contribution < 1.29 is 99.8 Å². The summed E-state index contributed by atoms with van der Waals surface area (Å²) in [6.07, 6.45) is -6.89. The molecule has 388 valence electrons. The van der Waals surface area contributed by atoms with Crippen molar-refractivity contribution in [3.05, 3.63) is 101 Å². The highest BCUT2D eigenvalue weighted by Crippen LogP contribution is 2.35. The van der Waals surface area contributed by atoms with Crippen LogP contribution in [0.5, 0.6) is 5.75 Å². The topological polar surface area (TPSA) is 289 Å². The number of carboxylic acids is 1. The zero-order chi connectivity index (χ0) is 51.5. The Hall–Kier alpha value is -6.07. The van der Waals surface area contributed by atoms with Gasteiger partial charge in [0.2, 0.25) is 46.6 Å². The zero-order valence-electron chi connectivity index (χ0n) is 37.7. The highest BCUT2D eigenvalue weighted by atomic mass is 19.2. The van der Waals surface area contributed by atoms with E-state index in [1.54, 1.807) is 65.5 Å². The molecular weight excluding hydrogens is 962 g/mol. The van der Waals surface area contributed by atoms with Crippen LogP contribution in [0.1, 0.15) is 24.0 Å². The van der Waals surface area contributed by atoms with Gasteiger partial charge in [-0.1, -0.05) is 59.8 Å². The lowest BCUT2D eigenvalue weighted by molar-refractivity contribution is -0.314. The lowest BCUT2D eigenvalue weighted by Crippen LogP contribution is -2.68. The van der Waals surface area contributed by atoms with Crippen molar-refractivity contribution in [1.29, 1.82) is 0 Å². The number of hydrogen-bond acceptors (Lipinski definition) is 17. The van der Waals surface area contributed by atoms with E-state index < -0.39 is 121 Å². The van der Waals surface area contributed by atoms with E-state index in [9.17, 15) is 66.7 Å². The molecule has 5 rings (SSSR count). The molecule has 7 N–H and O–H groups in total. The highest BCUT2D eigenvalue weighted by Gasteiger charge is 2.56. The number of nitrogens with zero attached hydrogens (tertiary/aromatic N) is 3. The first-order valence-corrected chi connectivity index (χ1v) is 21.9. The number of hydrogen-bond donors (Lipinski definition) is 7. The smallest absolute Gasteiger partial charge is 0.364 e. The third-order valence-corrected chi connectivity index (χ3v) is 10.5. The molecule has 6 atom stereocenters. The third-order valence-electron chi connectivity index (χ3n) is 10.5. The average molecular weight is 1010 g/mol. The number of aliphatic carboxylic acids is 1. The fourth-order valence-electron chi connectivity index (χ4n) is 6.77. The number of nitrogens with one attached hydrogen (secondary N) is 2. The van der Waals surface area contributed by atoms with Gasteiger partial charge in [0.25, 0.3) is 5.79 Å². The molecule has 0 aliphatic carbocycles. The van der Waals surface area contributed by atoms with Gasteiger partial charge in [0, 0.05) is 18.5 Å². The Bertz CT molecular complexity index is 2340. The Balaban J connectivity index is 0.945. The standard InChI is InChI=1S/C45H52F5N5O16/c46-35-36(47)38(49)42(39(50)37(35)48)70-34(61)10-12-65-14-16-67-18-19-68-17-15-66-13-11-55-23-29(53-54-55)28-8-6-26(7-9-28)20-32(59)51-22-31(58)41(62)43-40(52-33(60)24-56)30(57)21-45(71-43,44(63)64)69-25-27-4-2-1-3-5-27/h1-9,23,30-31,40-41,43,56-58,62H,10-22,24-25H2,(H,51,59)(H,52,60)(H,63,64)/t30-,31+,40+,41+,43+,45+/m0/s1. The third kappa shape index (κ3) is 16.2. The largest absolute Gasteiger partial charge is 0.477 e. The van der Waals surface area contributed by atoms with Crippen LogP contribution in [-0.4, -0.2) is 167 Å². The summed E-state index contributed by atoms with van der Waals surface area (Å²) in [6.45, 7) is -0.341. The number of carbonyl (C=O) groups excluding carboxylic acids is 3. The first-order valence-electron chi connectivity index (χ1n) is 21.9. The van der Waals surface area contributed by atoms with E-state index in [0.29, 0.717) is 28.9 Å². The van der Waals surface area contributed by atoms with Crippen LogP contribution in [0.3, 0.4) is 0 Å². The van der Waals surface area contributed by atoms with Crippen LogP contribution in [0, 0.1) is 29.1 Å². The van der Waals surface area contributed by atoms with Crippen LogP contribution < -0.4 is 15.4 Å². The van der Waals surface area contributed by atoms with E-state index in [0.717, 1.165) is 0 Å². The van der Waals surface area contributed by atoms with Gasteiger partial charge in [-0.05, 0) is 11.1 Å². The minimum atomic E-state index is -2.51. The Labute approximate surface area is 401 Å². The molecule has 4 aromatic rings. The van der Waals surface area contributed by atoms with E-state index in [4.69, 9.17) is 28.4 Å². The molecule has 0 saturated carbocycles. The van der Waals surface area contributed by atoms with Gasteiger partial charge < -0.3 is 69.3 Å². The normalized spacial score (nSPS) is 18.7. The maximum absolute atomic E-state index is 13.6. The van der Waals surface area contributed by atoms with Gasteiger partial charge in [-0.25, -0.2) is 22.6 Å². The summed E-state index contributed by atoms with van der Waals surface area (Å²) in [7, 11) is 0. The van der Waals surface area contributed by atoms with Crippen LogP contribution in [0.15, 0.2) is 60.8 Å². The molecule has 0 bridgehead atoms. The number of halogens is 5. The highest BCUT2D eigenvalue weighted by molar-refractivity contribution is 5.79. The van der Waals surface area contributed by atoms with Crippen molar-refractivity contribution in [3.63, 3.8) is 0 Å². The van der Waals surface area contributed by atoms with E-state index in [1.165, 1.54) is 0 Å². The molecule has 2 amide bonds. The Morgan fingerprint density at radius 2 is 1.38 bits per heavy atom. The van der Waals surface area contributed by atoms with Gasteiger partial charge in [0.05, 0.1) is 103 Å². The molecule has 1 saturated heterocycles. The second-order valence-electron chi connectivity index (χ2n) is 15.6. The van der Waals surface area contributed by atoms with Crippen LogP contribution in [0.25, 0.3) is 11.3 Å². The summed E-state index contributed by atoms with van der Waals surface area (Å²) in [5, 5.41) is 65.6. The van der Waals surface area contributed by atoms with Crippen molar-refractivity contribution in [1.82, 2.24) is 25.6 Å². The first-order chi connectivity index (χ1) is 34.0. The quantitative estimate of drug-likeness (QED) is 0.00985. The molecule has 26 heteroatoms. The predicted octanol–water partition coefficient (Wildman–Crippen LogP) is 0.708. The number of aromatic nitrogens is 3. The SMILES string of the molecule is O=C(Cc1ccc(-c2cn(CCOCCOCCOCCOCCC(=O)Oc3c(F)c(F)c(F)c(F)c3F)nn2)cc1)NC[C@@H](O)[C@@H](O)[C@@H]1O[C@@](OCc2ccccc2)(C(=O)O)C[C@H](O)[C@H]1NC(=O)CO. The molecule has 0 unspecified atom stereocenters. The molecule has 71 heavy (non-hydrogen) atoms. The Morgan fingerprint density at radius 1 is 0.789 bits per heavy atom. The fourth-order valence-corrected chi connectivity index (χ4v) is 6.77. The summed E-state index contributed by atoms with van der Waals surface area (Å²) in [6, 6.07) is 13.8. The van der Waals surface area contributed by atoms with Gasteiger partial charge in [0.15, 0.2) is 0 Å². The average Bonchev–Trinajstić information content (AvgIpc) is 3.84. The molecule has 1 aliphatic rings. The van der Waals surface area contributed by atoms with Crippen LogP contribution in [0.4, 0.5) is 22.0 Å². The lowest BCUT2D eigenvalue weighted by Gasteiger charge is -2.46. The summed E-state index contributed by atoms with van der Waals surface area (Å²) in [5.74, 6) is -20.0. The minimum absolute atomic E-state index is 0.0239. The molecule has 3 aromatic carbocycles. The van der Waals surface area contributed by atoms with Crippen molar-refractivity contribution in [2.45, 2.75) is 68.7 Å². The van der Waals surface area contributed by atoms with Gasteiger partial charge in [-0.2, -0.15) is 8.78 Å². The van der Waals surface area contributed by atoms with E-state index in [2.05, 4.69) is 25.7 Å². The van der Waals surface area contributed by atoms with Crippen LogP contribution in [-0.2, 0) is 67.2 Å². The first kappa shape index (κ1) is 55.9. The molecule has 1 aliphatic heterocycles. The molecule has 0 spiro atoms. The van der Waals surface area contributed by atoms with E-state index >= 15 is 0 Å². The zero-order valence-corrected chi connectivity index (χ0v) is 37.7. The second-order valence-corrected chi connectivity index (χ2v) is 15.6. The molecule has 2 heterocycles. The maximum atomic E-state index is 13.6. The molecule has 0 radical (unpaired) electrons. The molecule has 21 nitrogen and oxygen atoms in total. The van der Waals surface area contributed by atoms with E-state index in [1.807, 2.05) is 0 Å². The van der Waals surface area contributed by atoms with Crippen LogP contribution >= 0.6 is 0 Å². The molecule has 1 fully saturated rings. The maximum Gasteiger partial charge on any atom is 0.364 e. The number of carboxylic acid groups (broad SMARTS) is 1. The van der Waals surface area contributed by atoms with Crippen molar-refractivity contribution in [3.8, 4) is 17.0 Å². The van der Waals surface area contributed by atoms with Crippen molar-refractivity contribution in [2.75, 3.05) is 66.0 Å². The summed E-state index contributed by atoms with van der Waals surface area (Å²) in [4.78, 5) is 49.2. The lowest BCUT2D eigenvalue weighted by atomic mass is 9.88. The Kier molecular flexibility index (Phi) is 21.6. The second kappa shape index (κ2) is 27.5.